The van der Waals surface area contributed by atoms with Gasteiger partial charge in [0, 0.05) is 0 Å². The van der Waals surface area contributed by atoms with Crippen LogP contribution in [0.2, 0.25) is 0 Å². The van der Waals surface area contributed by atoms with Gasteiger partial charge in [-0.1, -0.05) is 36.4 Å². The van der Waals surface area contributed by atoms with Crippen molar-refractivity contribution in [3.05, 3.63) is 82.3 Å². The van der Waals surface area contributed by atoms with E-state index in [4.69, 9.17) is 9.72 Å². The van der Waals surface area contributed by atoms with Gasteiger partial charge < -0.3 is 14.6 Å². The van der Waals surface area contributed by atoms with E-state index in [2.05, 4.69) is 9.88 Å². The van der Waals surface area contributed by atoms with Crippen LogP contribution in [0.5, 0.6) is 5.75 Å². The molecule has 0 saturated carbocycles. The number of aryl methyl sites for hydroxylation is 1. The molecule has 29 heavy (non-hydrogen) atoms. The van der Waals surface area contributed by atoms with Crippen molar-refractivity contribution >= 4 is 28.3 Å². The van der Waals surface area contributed by atoms with Crippen LogP contribution in [-0.2, 0) is 6.54 Å². The molecule has 2 heterocycles. The summed E-state index contributed by atoms with van der Waals surface area (Å²) in [5.74, 6) is 1.63. The second-order valence-electron chi connectivity index (χ2n) is 6.90. The topological polar surface area (TPSA) is 56.1 Å². The fourth-order valence-electron chi connectivity index (χ4n) is 3.37. The van der Waals surface area contributed by atoms with Gasteiger partial charge in [0.25, 0.3) is 5.91 Å². The minimum Gasteiger partial charge on any atom is -0.491 e. The number of nitrogens with zero attached hydrogens (tertiary/aromatic N) is 2. The fraction of sp³-hybridized carbons (Fsp3) is 0.217. The third-order valence-electron chi connectivity index (χ3n) is 4.83. The predicted octanol–water partition coefficient (Wildman–Crippen LogP) is 4.98. The first-order chi connectivity index (χ1) is 14.1. The minimum absolute atomic E-state index is 0.0812. The number of nitrogens with one attached hydrogen (secondary N) is 1. The highest BCUT2D eigenvalue weighted by Gasteiger charge is 2.19. The highest BCUT2D eigenvalue weighted by molar-refractivity contribution is 7.12. The molecule has 0 saturated heterocycles. The van der Waals surface area contributed by atoms with E-state index in [0.29, 0.717) is 18.0 Å². The van der Waals surface area contributed by atoms with E-state index in [0.717, 1.165) is 28.2 Å². The second kappa shape index (κ2) is 8.49. The molecule has 5 nitrogen and oxygen atoms in total. The molecule has 0 aliphatic carbocycles. The number of para-hydroxylation sites is 3. The molecule has 1 N–H and O–H groups in total. The maximum Gasteiger partial charge on any atom is 0.261 e. The summed E-state index contributed by atoms with van der Waals surface area (Å²) in [6.45, 7) is 5.16. The number of thiophene rings is 1. The Kier molecular flexibility index (Phi) is 5.62. The summed E-state index contributed by atoms with van der Waals surface area (Å²) < 4.78 is 8.13. The smallest absolute Gasteiger partial charge is 0.261 e. The Hall–Kier alpha value is -3.12. The van der Waals surface area contributed by atoms with Crippen molar-refractivity contribution in [3.63, 3.8) is 0 Å². The van der Waals surface area contributed by atoms with Gasteiger partial charge in [0.1, 0.15) is 18.2 Å². The van der Waals surface area contributed by atoms with Gasteiger partial charge >= 0.3 is 0 Å². The number of benzene rings is 2. The van der Waals surface area contributed by atoms with Gasteiger partial charge in [0.05, 0.1) is 28.5 Å². The summed E-state index contributed by atoms with van der Waals surface area (Å²) in [7, 11) is 0. The van der Waals surface area contributed by atoms with Crippen LogP contribution >= 0.6 is 11.3 Å². The summed E-state index contributed by atoms with van der Waals surface area (Å²) in [5.41, 5.74) is 3.06. The van der Waals surface area contributed by atoms with E-state index < -0.39 is 0 Å². The normalized spacial score (nSPS) is 12.1. The van der Waals surface area contributed by atoms with E-state index in [9.17, 15) is 4.79 Å². The van der Waals surface area contributed by atoms with Gasteiger partial charge in [-0.05, 0) is 49.1 Å². The van der Waals surface area contributed by atoms with Crippen LogP contribution in [0.15, 0.2) is 66.0 Å². The van der Waals surface area contributed by atoms with Gasteiger partial charge in [0.2, 0.25) is 0 Å². The third-order valence-corrected chi connectivity index (χ3v) is 5.70. The molecule has 4 aromatic rings. The Morgan fingerprint density at radius 2 is 1.93 bits per heavy atom. The van der Waals surface area contributed by atoms with Crippen LogP contribution in [0.3, 0.4) is 0 Å². The quantitative estimate of drug-likeness (QED) is 0.472. The summed E-state index contributed by atoms with van der Waals surface area (Å²) >= 11 is 1.43. The highest BCUT2D eigenvalue weighted by atomic mass is 32.1. The Balaban J connectivity index is 1.55. The van der Waals surface area contributed by atoms with Gasteiger partial charge in [0.15, 0.2) is 0 Å². The van der Waals surface area contributed by atoms with Crippen molar-refractivity contribution < 1.29 is 9.53 Å². The van der Waals surface area contributed by atoms with E-state index in [1.54, 1.807) is 0 Å². The minimum atomic E-state index is -0.226. The number of aromatic nitrogens is 2. The monoisotopic (exact) mass is 405 g/mol. The van der Waals surface area contributed by atoms with E-state index in [1.165, 1.54) is 11.3 Å². The Labute approximate surface area is 174 Å². The molecule has 0 aliphatic rings. The molecule has 148 valence electrons. The second-order valence-corrected chi connectivity index (χ2v) is 7.84. The number of hydrogen-bond acceptors (Lipinski definition) is 4. The number of imidazole rings is 1. The molecule has 1 atom stereocenters. The van der Waals surface area contributed by atoms with Gasteiger partial charge in [-0.15, -0.1) is 11.3 Å². The number of fused-ring (bicyclic) bond motifs is 1. The molecule has 2 aromatic carbocycles. The molecule has 0 spiro atoms. The zero-order valence-electron chi connectivity index (χ0n) is 16.5. The first kappa shape index (κ1) is 19.2. The van der Waals surface area contributed by atoms with E-state index >= 15 is 0 Å². The predicted molar refractivity (Wildman–Crippen MR) is 117 cm³/mol. The summed E-state index contributed by atoms with van der Waals surface area (Å²) in [4.78, 5) is 18.0. The lowest BCUT2D eigenvalue weighted by molar-refractivity contribution is 0.0941. The Morgan fingerprint density at radius 1 is 1.14 bits per heavy atom. The number of carbonyl (C=O) groups excluding carboxylic acids is 1. The average molecular weight is 406 g/mol. The van der Waals surface area contributed by atoms with Crippen molar-refractivity contribution in [1.29, 1.82) is 0 Å². The van der Waals surface area contributed by atoms with Crippen molar-refractivity contribution in [2.24, 2.45) is 0 Å². The number of rotatable bonds is 7. The zero-order valence-corrected chi connectivity index (χ0v) is 17.3. The van der Waals surface area contributed by atoms with E-state index in [1.807, 2.05) is 79.9 Å². The number of carbonyl (C=O) groups is 1. The molecule has 1 amide bonds. The first-order valence-corrected chi connectivity index (χ1v) is 10.5. The molecule has 0 fully saturated rings. The molecule has 1 unspecified atom stereocenters. The Morgan fingerprint density at radius 3 is 2.72 bits per heavy atom. The van der Waals surface area contributed by atoms with Gasteiger partial charge in [-0.3, -0.25) is 4.79 Å². The standard InChI is InChI=1S/C23H23N3O2S/c1-16-8-3-6-11-20(16)28-14-13-26-19-10-5-4-9-18(19)25-22(26)17(2)24-23(27)21-12-7-15-29-21/h3-12,15,17H,13-14H2,1-2H3,(H,24,27). The number of ether oxygens (including phenoxy) is 1. The number of amides is 1. The lowest BCUT2D eigenvalue weighted by Gasteiger charge is -2.17. The van der Waals surface area contributed by atoms with Crippen molar-refractivity contribution in [1.82, 2.24) is 14.9 Å². The van der Waals surface area contributed by atoms with Gasteiger partial charge in [-0.2, -0.15) is 0 Å². The zero-order chi connectivity index (χ0) is 20.2. The maximum atomic E-state index is 12.5. The molecular formula is C23H23N3O2S. The van der Waals surface area contributed by atoms with Crippen molar-refractivity contribution in [2.45, 2.75) is 26.4 Å². The molecule has 6 heteroatoms. The lowest BCUT2D eigenvalue weighted by Crippen LogP contribution is -2.28. The van der Waals surface area contributed by atoms with Crippen LogP contribution in [0.1, 0.15) is 34.0 Å². The molecule has 2 aromatic heterocycles. The first-order valence-electron chi connectivity index (χ1n) is 9.61. The van der Waals surface area contributed by atoms with Crippen molar-refractivity contribution in [3.8, 4) is 5.75 Å². The van der Waals surface area contributed by atoms with Gasteiger partial charge in [-0.25, -0.2) is 4.98 Å². The van der Waals surface area contributed by atoms with Crippen LogP contribution < -0.4 is 10.1 Å². The molecule has 4 rings (SSSR count). The lowest BCUT2D eigenvalue weighted by atomic mass is 10.2. The van der Waals surface area contributed by atoms with Crippen molar-refractivity contribution in [2.75, 3.05) is 6.61 Å². The highest BCUT2D eigenvalue weighted by Crippen LogP contribution is 2.22. The molecule has 0 radical (unpaired) electrons. The van der Waals surface area contributed by atoms with Crippen LogP contribution in [-0.4, -0.2) is 22.1 Å². The average Bonchev–Trinajstić information content (AvgIpc) is 3.38. The van der Waals surface area contributed by atoms with Crippen LogP contribution in [0.25, 0.3) is 11.0 Å². The largest absolute Gasteiger partial charge is 0.491 e. The third kappa shape index (κ3) is 4.17. The van der Waals surface area contributed by atoms with Crippen LogP contribution in [0, 0.1) is 6.92 Å². The molecule has 0 aliphatic heterocycles. The maximum absolute atomic E-state index is 12.5. The molecule has 0 bridgehead atoms. The number of hydrogen-bond donors (Lipinski definition) is 1. The summed E-state index contributed by atoms with van der Waals surface area (Å²) in [5, 5.41) is 4.97. The summed E-state index contributed by atoms with van der Waals surface area (Å²) in [6.07, 6.45) is 0. The fourth-order valence-corrected chi connectivity index (χ4v) is 3.99. The van der Waals surface area contributed by atoms with E-state index in [-0.39, 0.29) is 11.9 Å². The Bertz CT molecular complexity index is 1120. The SMILES string of the molecule is Cc1ccccc1OCCn1c(C(C)NC(=O)c2cccs2)nc2ccccc21. The summed E-state index contributed by atoms with van der Waals surface area (Å²) in [6, 6.07) is 19.5. The molecular weight excluding hydrogens is 382 g/mol. The van der Waals surface area contributed by atoms with Crippen LogP contribution in [0.4, 0.5) is 0 Å².